The van der Waals surface area contributed by atoms with Crippen LogP contribution in [0.4, 0.5) is 0 Å². The number of likely N-dealkylation sites (tertiary alicyclic amines) is 1. The van der Waals surface area contributed by atoms with Crippen LogP contribution < -0.4 is 10.8 Å². The second-order valence-electron chi connectivity index (χ2n) is 12.2. The maximum atomic E-state index is 12.5. The fraction of sp³-hybridized carbons (Fsp3) is 0.444. The lowest BCUT2D eigenvalue weighted by Crippen LogP contribution is -2.38. The van der Waals surface area contributed by atoms with Gasteiger partial charge in [0.1, 0.15) is 0 Å². The summed E-state index contributed by atoms with van der Waals surface area (Å²) in [5.74, 6) is -0.452. The highest BCUT2D eigenvalue weighted by Gasteiger charge is 2.34. The van der Waals surface area contributed by atoms with Crippen LogP contribution in [0.15, 0.2) is 72.8 Å². The third-order valence-corrected chi connectivity index (χ3v) is 8.74. The number of benzene rings is 3. The molecule has 2 fully saturated rings. The molecule has 0 aromatic heterocycles. The summed E-state index contributed by atoms with van der Waals surface area (Å²) < 4.78 is 13.0. The molecule has 0 bridgehead atoms. The van der Waals surface area contributed by atoms with Gasteiger partial charge in [-0.05, 0) is 47.1 Å². The van der Waals surface area contributed by atoms with Gasteiger partial charge in [0.05, 0.1) is 24.9 Å². The first-order chi connectivity index (χ1) is 22.4. The number of β-amino-alcohol motifs (C(OH)–C–C–N with tert-alkyl or cyclic N) is 1. The quantitative estimate of drug-likeness (QED) is 0.0994. The van der Waals surface area contributed by atoms with Crippen LogP contribution >= 0.6 is 0 Å². The Balaban J connectivity index is 1.23. The number of carbonyl (C=O) groups excluding carboxylic acids is 2. The zero-order valence-corrected chi connectivity index (χ0v) is 26.1. The second-order valence-corrected chi connectivity index (χ2v) is 12.2. The van der Waals surface area contributed by atoms with Crippen LogP contribution in [-0.4, -0.2) is 64.0 Å². The Morgan fingerprint density at radius 2 is 1.59 bits per heavy atom. The highest BCUT2D eigenvalue weighted by molar-refractivity contribution is 5.76. The Bertz CT molecular complexity index is 1420. The lowest BCUT2D eigenvalue weighted by Gasteiger charge is -2.38. The summed E-state index contributed by atoms with van der Waals surface area (Å²) in [4.78, 5) is 25.8. The van der Waals surface area contributed by atoms with E-state index in [9.17, 15) is 19.8 Å². The number of nitrogens with zero attached hydrogens (tertiary/aromatic N) is 1. The van der Waals surface area contributed by atoms with Crippen molar-refractivity contribution in [3.05, 3.63) is 95.1 Å². The van der Waals surface area contributed by atoms with E-state index in [0.717, 1.165) is 59.3 Å². The van der Waals surface area contributed by atoms with Crippen LogP contribution in [0.5, 0.6) is 0 Å². The molecular weight excluding hydrogens is 586 g/mol. The molecule has 3 aromatic carbocycles. The van der Waals surface area contributed by atoms with Gasteiger partial charge in [0, 0.05) is 51.0 Å². The molecule has 46 heavy (non-hydrogen) atoms. The van der Waals surface area contributed by atoms with Gasteiger partial charge in [0.25, 0.3) is 0 Å². The average Bonchev–Trinajstić information content (AvgIpc) is 3.51. The van der Waals surface area contributed by atoms with Crippen LogP contribution in [0.25, 0.3) is 11.1 Å². The van der Waals surface area contributed by atoms with Gasteiger partial charge in [-0.15, -0.1) is 0 Å². The SMILES string of the molecule is O=C(CCCCCC(=O)NCc1ccccc1-c1ccc(C2OC(CN3CCC(O)C3)CC(c3ccc(CO)cc3)O2)cc1)NO. The number of aliphatic hydroxyl groups excluding tert-OH is 2. The van der Waals surface area contributed by atoms with E-state index >= 15 is 0 Å². The highest BCUT2D eigenvalue weighted by atomic mass is 16.7. The molecule has 4 atom stereocenters. The fourth-order valence-corrected chi connectivity index (χ4v) is 6.16. The summed E-state index contributed by atoms with van der Waals surface area (Å²) >= 11 is 0. The van der Waals surface area contributed by atoms with Crippen LogP contribution in [0.3, 0.4) is 0 Å². The molecule has 0 radical (unpaired) electrons. The number of hydrogen-bond acceptors (Lipinski definition) is 8. The first-order valence-electron chi connectivity index (χ1n) is 16.2. The molecule has 2 aliphatic heterocycles. The Morgan fingerprint density at radius 3 is 2.28 bits per heavy atom. The van der Waals surface area contributed by atoms with E-state index in [1.165, 1.54) is 0 Å². The summed E-state index contributed by atoms with van der Waals surface area (Å²) in [5, 5.41) is 31.1. The minimum Gasteiger partial charge on any atom is -0.392 e. The maximum Gasteiger partial charge on any atom is 0.243 e. The van der Waals surface area contributed by atoms with E-state index in [4.69, 9.17) is 14.7 Å². The molecule has 10 heteroatoms. The normalized spacial score (nSPS) is 21.6. The minimum atomic E-state index is -0.560. The number of aliphatic hydroxyl groups is 2. The molecular formula is C36H45N3O7. The molecule has 2 heterocycles. The van der Waals surface area contributed by atoms with Crippen molar-refractivity contribution in [3.8, 4) is 11.1 Å². The fourth-order valence-electron chi connectivity index (χ4n) is 6.16. The van der Waals surface area contributed by atoms with Crippen LogP contribution in [-0.2, 0) is 32.2 Å². The molecule has 2 aliphatic rings. The van der Waals surface area contributed by atoms with Gasteiger partial charge in [-0.25, -0.2) is 5.48 Å². The number of ether oxygens (including phenoxy) is 2. The van der Waals surface area contributed by atoms with E-state index in [1.807, 2.05) is 60.7 Å². The lowest BCUT2D eigenvalue weighted by molar-refractivity contribution is -0.252. The van der Waals surface area contributed by atoms with E-state index < -0.39 is 12.2 Å². The van der Waals surface area contributed by atoms with E-state index in [2.05, 4.69) is 22.3 Å². The monoisotopic (exact) mass is 631 g/mol. The maximum absolute atomic E-state index is 12.5. The Hall–Kier alpha value is -3.64. The van der Waals surface area contributed by atoms with E-state index in [0.29, 0.717) is 38.8 Å². The van der Waals surface area contributed by atoms with Gasteiger partial charge >= 0.3 is 0 Å². The predicted molar refractivity (Wildman–Crippen MR) is 172 cm³/mol. The molecule has 246 valence electrons. The smallest absolute Gasteiger partial charge is 0.243 e. The standard InChI is InChI=1S/C36H45N3O7/c40-24-25-10-12-27(13-11-25)33-20-31(23-39-19-18-30(41)22-39)45-36(46-33)28-16-14-26(15-17-28)32-7-5-4-6-29(32)21-37-34(42)8-2-1-3-9-35(43)38-44/h4-7,10-17,30-31,33,36,40-41,44H,1-3,8-9,18-24H2,(H,37,42)(H,38,43). The molecule has 5 rings (SSSR count). The van der Waals surface area contributed by atoms with Crippen LogP contribution in [0.2, 0.25) is 0 Å². The first-order valence-corrected chi connectivity index (χ1v) is 16.2. The molecule has 4 unspecified atom stereocenters. The number of hydrogen-bond donors (Lipinski definition) is 5. The number of rotatable bonds is 14. The third kappa shape index (κ3) is 9.45. The van der Waals surface area contributed by atoms with Gasteiger partial charge in [0.2, 0.25) is 11.8 Å². The van der Waals surface area contributed by atoms with Gasteiger partial charge in [-0.3, -0.25) is 19.7 Å². The van der Waals surface area contributed by atoms with Crippen LogP contribution in [0.1, 0.15) is 79.6 Å². The average molecular weight is 632 g/mol. The lowest BCUT2D eigenvalue weighted by atomic mass is 9.97. The van der Waals surface area contributed by atoms with Gasteiger partial charge in [-0.1, -0.05) is 79.2 Å². The van der Waals surface area contributed by atoms with Crippen molar-refractivity contribution in [2.75, 3.05) is 19.6 Å². The molecule has 0 aliphatic carbocycles. The third-order valence-electron chi connectivity index (χ3n) is 8.74. The topological polar surface area (TPSA) is 141 Å². The number of amides is 2. The largest absolute Gasteiger partial charge is 0.392 e. The summed E-state index contributed by atoms with van der Waals surface area (Å²) in [5.41, 5.74) is 7.48. The summed E-state index contributed by atoms with van der Waals surface area (Å²) in [6.45, 7) is 2.63. The van der Waals surface area contributed by atoms with Crippen molar-refractivity contribution in [2.24, 2.45) is 0 Å². The van der Waals surface area contributed by atoms with Crippen molar-refractivity contribution >= 4 is 11.8 Å². The molecule has 0 spiro atoms. The van der Waals surface area contributed by atoms with Crippen molar-refractivity contribution in [3.63, 3.8) is 0 Å². The predicted octanol–water partition coefficient (Wildman–Crippen LogP) is 4.53. The number of carbonyl (C=O) groups is 2. The van der Waals surface area contributed by atoms with Crippen LogP contribution in [0, 0.1) is 0 Å². The zero-order valence-electron chi connectivity index (χ0n) is 26.1. The van der Waals surface area contributed by atoms with E-state index in [1.54, 1.807) is 5.48 Å². The summed E-state index contributed by atoms with van der Waals surface area (Å²) in [6.07, 6.45) is 3.03. The number of nitrogens with one attached hydrogen (secondary N) is 2. The Morgan fingerprint density at radius 1 is 0.870 bits per heavy atom. The number of hydroxylamine groups is 1. The van der Waals surface area contributed by atoms with Gasteiger partial charge in [-0.2, -0.15) is 0 Å². The zero-order chi connectivity index (χ0) is 32.3. The molecule has 0 saturated carbocycles. The van der Waals surface area contributed by atoms with Gasteiger partial charge < -0.3 is 25.0 Å². The molecule has 10 nitrogen and oxygen atoms in total. The molecule has 2 amide bonds. The first kappa shape index (κ1) is 33.7. The second kappa shape index (κ2) is 16.8. The summed E-state index contributed by atoms with van der Waals surface area (Å²) in [6, 6.07) is 24.0. The van der Waals surface area contributed by atoms with Crippen molar-refractivity contribution in [2.45, 2.75) is 82.7 Å². The molecule has 2 saturated heterocycles. The highest BCUT2D eigenvalue weighted by Crippen LogP contribution is 2.39. The minimum absolute atomic E-state index is 0.00561. The molecule has 3 aromatic rings. The Kier molecular flexibility index (Phi) is 12.3. The van der Waals surface area contributed by atoms with E-state index in [-0.39, 0.29) is 37.2 Å². The van der Waals surface area contributed by atoms with Gasteiger partial charge in [0.15, 0.2) is 6.29 Å². The molecule has 5 N–H and O–H groups in total. The summed E-state index contributed by atoms with van der Waals surface area (Å²) in [7, 11) is 0. The van der Waals surface area contributed by atoms with Crippen molar-refractivity contribution in [1.29, 1.82) is 0 Å². The Labute approximate surface area is 270 Å². The van der Waals surface area contributed by atoms with Crippen molar-refractivity contribution < 1.29 is 34.5 Å². The van der Waals surface area contributed by atoms with Crippen molar-refractivity contribution in [1.82, 2.24) is 15.7 Å². The number of unbranched alkanes of at least 4 members (excludes halogenated alkanes) is 2.